The predicted octanol–water partition coefficient (Wildman–Crippen LogP) is 2.21. The van der Waals surface area contributed by atoms with Gasteiger partial charge in [0, 0.05) is 20.1 Å². The van der Waals surface area contributed by atoms with Crippen molar-refractivity contribution in [3.63, 3.8) is 0 Å². The summed E-state index contributed by atoms with van der Waals surface area (Å²) in [4.78, 5) is 31.1. The Labute approximate surface area is 133 Å². The summed E-state index contributed by atoms with van der Waals surface area (Å²) in [6.07, 6.45) is -0.348. The number of hydrogen-bond donors (Lipinski definition) is 1. The summed E-state index contributed by atoms with van der Waals surface area (Å²) in [6.45, 7) is 8.43. The molecule has 22 heavy (non-hydrogen) atoms. The van der Waals surface area contributed by atoms with Crippen molar-refractivity contribution in [3.05, 3.63) is 10.6 Å². The zero-order chi connectivity index (χ0) is 16.7. The maximum atomic E-state index is 12.0. The zero-order valence-electron chi connectivity index (χ0n) is 13.4. The van der Waals surface area contributed by atoms with Crippen LogP contribution in [0.4, 0.5) is 9.93 Å². The van der Waals surface area contributed by atoms with Gasteiger partial charge in [0.05, 0.1) is 11.7 Å². The zero-order valence-corrected chi connectivity index (χ0v) is 14.2. The number of aromatic nitrogens is 1. The van der Waals surface area contributed by atoms with E-state index in [1.807, 2.05) is 25.7 Å². The molecule has 0 unspecified atom stereocenters. The van der Waals surface area contributed by atoms with Gasteiger partial charge in [0.1, 0.15) is 10.5 Å². The molecule has 0 bridgehead atoms. The Morgan fingerprint density at radius 1 is 1.41 bits per heavy atom. The van der Waals surface area contributed by atoms with Crippen LogP contribution in [0.5, 0.6) is 0 Å². The Morgan fingerprint density at radius 3 is 2.45 bits per heavy atom. The number of anilines is 1. The number of aryl methyl sites for hydroxylation is 1. The van der Waals surface area contributed by atoms with Crippen LogP contribution in [0.2, 0.25) is 0 Å². The van der Waals surface area contributed by atoms with Crippen molar-refractivity contribution in [1.82, 2.24) is 9.88 Å². The molecule has 0 spiro atoms. The van der Waals surface area contributed by atoms with Crippen LogP contribution in [0.25, 0.3) is 0 Å². The summed E-state index contributed by atoms with van der Waals surface area (Å²) in [6, 6.07) is 0.0485. The van der Waals surface area contributed by atoms with Crippen molar-refractivity contribution in [2.75, 3.05) is 25.0 Å². The first kappa shape index (κ1) is 16.5. The Morgan fingerprint density at radius 2 is 2.00 bits per heavy atom. The summed E-state index contributed by atoms with van der Waals surface area (Å²) in [7, 11) is 1.71. The molecular formula is C14H21N3O4S. The number of carboxylic acids is 1. The summed E-state index contributed by atoms with van der Waals surface area (Å²) in [5, 5.41) is 9.74. The van der Waals surface area contributed by atoms with Crippen LogP contribution in [0.1, 0.15) is 36.1 Å². The second-order valence-corrected chi connectivity index (χ2v) is 7.34. The number of carbonyl (C=O) groups excluding carboxylic acids is 1. The normalized spacial score (nSPS) is 15.4. The topological polar surface area (TPSA) is 83.0 Å². The van der Waals surface area contributed by atoms with E-state index in [4.69, 9.17) is 9.84 Å². The highest BCUT2D eigenvalue weighted by molar-refractivity contribution is 7.17. The largest absolute Gasteiger partial charge is 0.477 e. The molecule has 0 radical (unpaired) electrons. The van der Waals surface area contributed by atoms with Crippen LogP contribution in [0, 0.1) is 6.92 Å². The number of rotatable bonds is 3. The number of hydrogen-bond acceptors (Lipinski definition) is 6. The number of ether oxygens (including phenoxy) is 1. The van der Waals surface area contributed by atoms with Crippen LogP contribution >= 0.6 is 11.3 Å². The highest BCUT2D eigenvalue weighted by Crippen LogP contribution is 2.30. The number of thiazole rings is 1. The Hall–Kier alpha value is -1.83. The summed E-state index contributed by atoms with van der Waals surface area (Å²) in [5.41, 5.74) is 0.00820. The molecule has 7 nitrogen and oxygen atoms in total. The lowest BCUT2D eigenvalue weighted by molar-refractivity contribution is 0.0197. The van der Waals surface area contributed by atoms with Crippen molar-refractivity contribution in [2.24, 2.45) is 0 Å². The first-order valence-corrected chi connectivity index (χ1v) is 7.81. The van der Waals surface area contributed by atoms with Crippen molar-refractivity contribution in [1.29, 1.82) is 0 Å². The van der Waals surface area contributed by atoms with E-state index in [1.54, 1.807) is 18.9 Å². The maximum Gasteiger partial charge on any atom is 0.410 e. The van der Waals surface area contributed by atoms with Crippen LogP contribution in [0.3, 0.4) is 0 Å². The third kappa shape index (κ3) is 3.49. The van der Waals surface area contributed by atoms with Gasteiger partial charge in [-0.1, -0.05) is 11.3 Å². The second kappa shape index (κ2) is 5.75. The molecule has 1 aromatic rings. The number of likely N-dealkylation sites (N-methyl/N-ethyl adjacent to an activating group) is 1. The molecule has 1 aliphatic heterocycles. The maximum absolute atomic E-state index is 12.0. The molecule has 1 fully saturated rings. The number of nitrogens with zero attached hydrogens (tertiary/aromatic N) is 3. The molecular weight excluding hydrogens is 306 g/mol. The lowest BCUT2D eigenvalue weighted by Crippen LogP contribution is -2.60. The van der Waals surface area contributed by atoms with Gasteiger partial charge in [-0.15, -0.1) is 0 Å². The fraction of sp³-hybridized carbons (Fsp3) is 0.643. The number of carbonyl (C=O) groups is 2. The third-order valence-electron chi connectivity index (χ3n) is 3.34. The molecule has 8 heteroatoms. The van der Waals surface area contributed by atoms with Crippen molar-refractivity contribution < 1.29 is 19.4 Å². The Kier molecular flexibility index (Phi) is 4.32. The van der Waals surface area contributed by atoms with Gasteiger partial charge in [0.25, 0.3) is 0 Å². The molecule has 1 N–H and O–H groups in total. The molecule has 0 atom stereocenters. The molecule has 2 heterocycles. The average molecular weight is 327 g/mol. The van der Waals surface area contributed by atoms with Gasteiger partial charge in [0.2, 0.25) is 0 Å². The molecule has 0 aliphatic carbocycles. The minimum atomic E-state index is -0.954. The summed E-state index contributed by atoms with van der Waals surface area (Å²) < 4.78 is 5.33. The van der Waals surface area contributed by atoms with E-state index in [2.05, 4.69) is 4.98 Å². The van der Waals surface area contributed by atoms with E-state index in [1.165, 1.54) is 0 Å². The fourth-order valence-corrected chi connectivity index (χ4v) is 2.98. The average Bonchev–Trinajstić information content (AvgIpc) is 2.66. The number of amides is 1. The molecule has 2 rings (SSSR count). The van der Waals surface area contributed by atoms with Crippen LogP contribution < -0.4 is 4.90 Å². The van der Waals surface area contributed by atoms with Gasteiger partial charge in [-0.3, -0.25) is 0 Å². The first-order valence-electron chi connectivity index (χ1n) is 7.00. The van der Waals surface area contributed by atoms with E-state index < -0.39 is 11.6 Å². The molecule has 0 aromatic carbocycles. The lowest BCUT2D eigenvalue weighted by Gasteiger charge is -2.43. The monoisotopic (exact) mass is 327 g/mol. The number of aromatic carboxylic acids is 1. The van der Waals surface area contributed by atoms with Gasteiger partial charge in [-0.25, -0.2) is 14.6 Å². The van der Waals surface area contributed by atoms with Crippen LogP contribution in [-0.2, 0) is 4.74 Å². The smallest absolute Gasteiger partial charge is 0.410 e. The van der Waals surface area contributed by atoms with E-state index in [-0.39, 0.29) is 17.0 Å². The van der Waals surface area contributed by atoms with Crippen molar-refractivity contribution in [3.8, 4) is 0 Å². The quantitative estimate of drug-likeness (QED) is 0.916. The third-order valence-corrected chi connectivity index (χ3v) is 4.55. The lowest BCUT2D eigenvalue weighted by atomic mass is 10.1. The second-order valence-electron chi connectivity index (χ2n) is 6.37. The molecule has 1 aromatic heterocycles. The van der Waals surface area contributed by atoms with Gasteiger partial charge in [-0.2, -0.15) is 0 Å². The molecule has 1 saturated heterocycles. The first-order chi connectivity index (χ1) is 10.1. The summed E-state index contributed by atoms with van der Waals surface area (Å²) >= 11 is 1.16. The minimum Gasteiger partial charge on any atom is -0.477 e. The highest BCUT2D eigenvalue weighted by atomic mass is 32.1. The SMILES string of the molecule is Cc1nc(N2CC(N(C)C(=O)OC(C)(C)C)C2)sc1C(=O)O. The molecule has 122 valence electrons. The van der Waals surface area contributed by atoms with Gasteiger partial charge in [-0.05, 0) is 27.7 Å². The van der Waals surface area contributed by atoms with Gasteiger partial charge in [0.15, 0.2) is 5.13 Å². The Balaban J connectivity index is 1.93. The standard InChI is InChI=1S/C14H21N3O4S/c1-8-10(11(18)19)22-12(15-8)17-6-9(7-17)16(5)13(20)21-14(2,3)4/h9H,6-7H2,1-5H3,(H,18,19). The van der Waals surface area contributed by atoms with Crippen LogP contribution in [-0.4, -0.2) is 58.8 Å². The van der Waals surface area contributed by atoms with E-state index in [0.717, 1.165) is 11.3 Å². The number of carboxylic acid groups (broad SMARTS) is 1. The van der Waals surface area contributed by atoms with E-state index in [9.17, 15) is 9.59 Å². The molecule has 1 amide bonds. The van der Waals surface area contributed by atoms with E-state index in [0.29, 0.717) is 23.9 Å². The highest BCUT2D eigenvalue weighted by Gasteiger charge is 2.36. The fourth-order valence-electron chi connectivity index (χ4n) is 2.06. The van der Waals surface area contributed by atoms with Gasteiger partial charge >= 0.3 is 12.1 Å². The van der Waals surface area contributed by atoms with Gasteiger partial charge < -0.3 is 19.6 Å². The predicted molar refractivity (Wildman–Crippen MR) is 83.8 cm³/mol. The molecule has 0 saturated carbocycles. The van der Waals surface area contributed by atoms with Crippen molar-refractivity contribution >= 4 is 28.5 Å². The molecule has 1 aliphatic rings. The summed E-state index contributed by atoms with van der Waals surface area (Å²) in [5.74, 6) is -0.954. The van der Waals surface area contributed by atoms with Crippen LogP contribution in [0.15, 0.2) is 0 Å². The minimum absolute atomic E-state index is 0.0485. The van der Waals surface area contributed by atoms with Crippen molar-refractivity contribution in [2.45, 2.75) is 39.3 Å². The van der Waals surface area contributed by atoms with E-state index >= 15 is 0 Å². The Bertz CT molecular complexity index is 587.